The molecule has 104 valence electrons. The topological polar surface area (TPSA) is 78.4 Å². The van der Waals surface area contributed by atoms with Crippen molar-refractivity contribution in [3.63, 3.8) is 0 Å². The van der Waals surface area contributed by atoms with E-state index in [0.717, 1.165) is 38.2 Å². The molecule has 19 heavy (non-hydrogen) atoms. The molecule has 0 heterocycles. The number of benzene rings is 1. The standard InChI is InChI=1S/C13H17FN2O3/c14-9-5-4-8-12(13(9)16(17)18)19-11-7-3-1-2-6-10(11)15/h4-5,8,10-11H,1-3,6-7,15H2. The van der Waals surface area contributed by atoms with Crippen molar-refractivity contribution in [2.75, 3.05) is 0 Å². The fourth-order valence-corrected chi connectivity index (χ4v) is 2.38. The molecule has 2 atom stereocenters. The van der Waals surface area contributed by atoms with Gasteiger partial charge in [-0.25, -0.2) is 0 Å². The molecule has 2 N–H and O–H groups in total. The molecule has 1 saturated carbocycles. The molecule has 5 nitrogen and oxygen atoms in total. The lowest BCUT2D eigenvalue weighted by molar-refractivity contribution is -0.388. The lowest BCUT2D eigenvalue weighted by atomic mass is 10.1. The van der Waals surface area contributed by atoms with E-state index in [4.69, 9.17) is 10.5 Å². The number of para-hydroxylation sites is 1. The zero-order valence-corrected chi connectivity index (χ0v) is 10.5. The Morgan fingerprint density at radius 1 is 1.32 bits per heavy atom. The Balaban J connectivity index is 2.22. The maximum atomic E-state index is 13.5. The van der Waals surface area contributed by atoms with Gasteiger partial charge in [0.2, 0.25) is 11.6 Å². The van der Waals surface area contributed by atoms with Gasteiger partial charge >= 0.3 is 5.69 Å². The molecule has 1 fully saturated rings. The lowest BCUT2D eigenvalue weighted by Gasteiger charge is -2.22. The predicted molar refractivity (Wildman–Crippen MR) is 68.5 cm³/mol. The fourth-order valence-electron chi connectivity index (χ4n) is 2.38. The molecule has 1 aliphatic rings. The van der Waals surface area contributed by atoms with Crippen LogP contribution in [-0.2, 0) is 0 Å². The predicted octanol–water partition coefficient (Wildman–Crippen LogP) is 2.77. The van der Waals surface area contributed by atoms with Crippen LogP contribution < -0.4 is 10.5 Å². The third-order valence-corrected chi connectivity index (χ3v) is 3.41. The number of rotatable bonds is 3. The van der Waals surface area contributed by atoms with Crippen molar-refractivity contribution in [3.8, 4) is 5.75 Å². The highest BCUT2D eigenvalue weighted by molar-refractivity contribution is 5.47. The SMILES string of the molecule is NC1CCCCCC1Oc1cccc(F)c1[N+](=O)[O-]. The van der Waals surface area contributed by atoms with Crippen molar-refractivity contribution < 1.29 is 14.1 Å². The van der Waals surface area contributed by atoms with E-state index in [2.05, 4.69) is 0 Å². The molecule has 0 amide bonds. The minimum atomic E-state index is -0.885. The third-order valence-electron chi connectivity index (χ3n) is 3.41. The van der Waals surface area contributed by atoms with E-state index in [9.17, 15) is 14.5 Å². The molecule has 0 saturated heterocycles. The molecule has 2 rings (SSSR count). The molecule has 0 radical (unpaired) electrons. The number of halogens is 1. The van der Waals surface area contributed by atoms with Crippen LogP contribution in [0.1, 0.15) is 32.1 Å². The van der Waals surface area contributed by atoms with Crippen molar-refractivity contribution in [3.05, 3.63) is 34.1 Å². The average molecular weight is 268 g/mol. The van der Waals surface area contributed by atoms with Gasteiger partial charge in [0.15, 0.2) is 0 Å². The van der Waals surface area contributed by atoms with Gasteiger partial charge in [0.05, 0.1) is 4.92 Å². The van der Waals surface area contributed by atoms with Gasteiger partial charge in [-0.1, -0.05) is 18.9 Å². The highest BCUT2D eigenvalue weighted by Gasteiger charge is 2.27. The van der Waals surface area contributed by atoms with E-state index in [1.54, 1.807) is 0 Å². The van der Waals surface area contributed by atoms with Crippen LogP contribution in [0, 0.1) is 15.9 Å². The van der Waals surface area contributed by atoms with Crippen LogP contribution in [-0.4, -0.2) is 17.1 Å². The van der Waals surface area contributed by atoms with Gasteiger partial charge in [-0.15, -0.1) is 0 Å². The van der Waals surface area contributed by atoms with Crippen LogP contribution in [0.4, 0.5) is 10.1 Å². The molecule has 0 spiro atoms. The number of nitrogens with zero attached hydrogens (tertiary/aromatic N) is 1. The molecule has 0 bridgehead atoms. The third kappa shape index (κ3) is 3.20. The summed E-state index contributed by atoms with van der Waals surface area (Å²) in [6.45, 7) is 0. The van der Waals surface area contributed by atoms with Crippen molar-refractivity contribution in [1.82, 2.24) is 0 Å². The Morgan fingerprint density at radius 2 is 2.05 bits per heavy atom. The summed E-state index contributed by atoms with van der Waals surface area (Å²) in [6, 6.07) is 3.71. The normalized spacial score (nSPS) is 23.7. The van der Waals surface area contributed by atoms with Crippen LogP contribution in [0.2, 0.25) is 0 Å². The molecule has 1 aliphatic carbocycles. The van der Waals surface area contributed by atoms with Crippen molar-refractivity contribution in [2.45, 2.75) is 44.2 Å². The van der Waals surface area contributed by atoms with Crippen molar-refractivity contribution in [2.24, 2.45) is 5.73 Å². The Bertz CT molecular complexity index is 467. The minimum Gasteiger partial charge on any atom is -0.482 e. The second-order valence-electron chi connectivity index (χ2n) is 4.80. The molecular weight excluding hydrogens is 251 g/mol. The maximum Gasteiger partial charge on any atom is 0.346 e. The van der Waals surface area contributed by atoms with Gasteiger partial charge in [-0.3, -0.25) is 10.1 Å². The summed E-state index contributed by atoms with van der Waals surface area (Å²) in [5, 5.41) is 10.9. The van der Waals surface area contributed by atoms with Crippen molar-refractivity contribution in [1.29, 1.82) is 0 Å². The Morgan fingerprint density at radius 3 is 2.79 bits per heavy atom. The second kappa shape index (κ2) is 5.97. The highest BCUT2D eigenvalue weighted by Crippen LogP contribution is 2.32. The summed E-state index contributed by atoms with van der Waals surface area (Å²) in [4.78, 5) is 10.1. The van der Waals surface area contributed by atoms with E-state index < -0.39 is 16.4 Å². The van der Waals surface area contributed by atoms with Crippen LogP contribution in [0.25, 0.3) is 0 Å². The second-order valence-corrected chi connectivity index (χ2v) is 4.80. The first-order chi connectivity index (χ1) is 9.09. The van der Waals surface area contributed by atoms with Crippen LogP contribution in [0.3, 0.4) is 0 Å². The molecule has 0 aliphatic heterocycles. The number of nitrogens with two attached hydrogens (primary N) is 1. The number of nitro groups is 1. The first kappa shape index (κ1) is 13.7. The van der Waals surface area contributed by atoms with Crippen LogP contribution >= 0.6 is 0 Å². The molecular formula is C13H17FN2O3. The number of hydrogen-bond acceptors (Lipinski definition) is 4. The highest BCUT2D eigenvalue weighted by atomic mass is 19.1. The molecule has 1 aromatic carbocycles. The molecule has 2 unspecified atom stereocenters. The Labute approximate surface area is 110 Å². The Hall–Kier alpha value is -1.69. The number of ether oxygens (including phenoxy) is 1. The van der Waals surface area contributed by atoms with Gasteiger partial charge in [0.1, 0.15) is 6.10 Å². The average Bonchev–Trinajstić information content (AvgIpc) is 2.54. The van der Waals surface area contributed by atoms with E-state index in [1.807, 2.05) is 0 Å². The zero-order valence-electron chi connectivity index (χ0n) is 10.5. The van der Waals surface area contributed by atoms with Gasteiger partial charge in [0.25, 0.3) is 0 Å². The monoisotopic (exact) mass is 268 g/mol. The summed E-state index contributed by atoms with van der Waals surface area (Å²) in [5.41, 5.74) is 5.39. The summed E-state index contributed by atoms with van der Waals surface area (Å²) < 4.78 is 19.1. The summed E-state index contributed by atoms with van der Waals surface area (Å²) in [5.74, 6) is -0.919. The van der Waals surface area contributed by atoms with Gasteiger partial charge in [-0.05, 0) is 31.4 Å². The number of nitro benzene ring substituents is 1. The summed E-state index contributed by atoms with van der Waals surface area (Å²) in [6.07, 6.45) is 4.37. The quantitative estimate of drug-likeness (QED) is 0.519. The minimum absolute atomic E-state index is 0.0349. The summed E-state index contributed by atoms with van der Waals surface area (Å²) in [7, 11) is 0. The van der Waals surface area contributed by atoms with Gasteiger partial charge < -0.3 is 10.5 Å². The molecule has 1 aromatic rings. The van der Waals surface area contributed by atoms with E-state index in [0.29, 0.717) is 0 Å². The number of hydrogen-bond donors (Lipinski definition) is 1. The maximum absolute atomic E-state index is 13.5. The van der Waals surface area contributed by atoms with Gasteiger partial charge in [0, 0.05) is 6.04 Å². The smallest absolute Gasteiger partial charge is 0.346 e. The van der Waals surface area contributed by atoms with Gasteiger partial charge in [-0.2, -0.15) is 4.39 Å². The van der Waals surface area contributed by atoms with E-state index in [1.165, 1.54) is 12.1 Å². The molecule has 6 heteroatoms. The lowest BCUT2D eigenvalue weighted by Crippen LogP contribution is -2.38. The van der Waals surface area contributed by atoms with Crippen LogP contribution in [0.5, 0.6) is 5.75 Å². The van der Waals surface area contributed by atoms with Crippen LogP contribution in [0.15, 0.2) is 18.2 Å². The zero-order chi connectivity index (χ0) is 13.8. The van der Waals surface area contributed by atoms with Crippen molar-refractivity contribution >= 4 is 5.69 Å². The van der Waals surface area contributed by atoms with E-state index in [-0.39, 0.29) is 17.9 Å². The largest absolute Gasteiger partial charge is 0.482 e. The first-order valence-corrected chi connectivity index (χ1v) is 6.44. The first-order valence-electron chi connectivity index (χ1n) is 6.44. The Kier molecular flexibility index (Phi) is 4.31. The molecule has 0 aromatic heterocycles. The fraction of sp³-hybridized carbons (Fsp3) is 0.538. The van der Waals surface area contributed by atoms with E-state index >= 15 is 0 Å². The summed E-state index contributed by atoms with van der Waals surface area (Å²) >= 11 is 0.